The molecule has 2 aliphatic heterocycles. The van der Waals surface area contributed by atoms with Gasteiger partial charge < -0.3 is 15.1 Å². The van der Waals surface area contributed by atoms with E-state index in [1.54, 1.807) is 0 Å². The molecule has 2 aliphatic rings. The van der Waals surface area contributed by atoms with E-state index in [0.717, 1.165) is 49.8 Å². The van der Waals surface area contributed by atoms with Gasteiger partial charge in [-0.25, -0.2) is 0 Å². The molecule has 6 nitrogen and oxygen atoms in total. The third-order valence-electron chi connectivity index (χ3n) is 5.66. The first-order chi connectivity index (χ1) is 13.8. The van der Waals surface area contributed by atoms with Crippen molar-refractivity contribution < 1.29 is 4.79 Å². The molecule has 2 aromatic rings. The predicted octanol–water partition coefficient (Wildman–Crippen LogP) is 2.96. The summed E-state index contributed by atoms with van der Waals surface area (Å²) in [5.41, 5.74) is 2.39. The number of aromatic nitrogens is 2. The molecule has 1 N–H and O–H groups in total. The van der Waals surface area contributed by atoms with Crippen molar-refractivity contribution in [3.05, 3.63) is 42.0 Å². The molecule has 0 unspecified atom stereocenters. The van der Waals surface area contributed by atoms with E-state index in [4.69, 9.17) is 0 Å². The number of amides is 1. The lowest BCUT2D eigenvalue weighted by atomic mass is 10.1. The highest BCUT2D eigenvalue weighted by atomic mass is 16.1. The van der Waals surface area contributed by atoms with E-state index in [2.05, 4.69) is 25.3 Å². The number of benzene rings is 1. The summed E-state index contributed by atoms with van der Waals surface area (Å²) in [7, 11) is 0. The second kappa shape index (κ2) is 9.15. The minimum atomic E-state index is -0.0273. The minimum Gasteiger partial charge on any atom is -0.355 e. The van der Waals surface area contributed by atoms with Crippen molar-refractivity contribution >= 4 is 11.7 Å². The highest BCUT2D eigenvalue weighted by molar-refractivity contribution is 5.95. The molecular weight excluding hydrogens is 350 g/mol. The van der Waals surface area contributed by atoms with Crippen LogP contribution in [0.25, 0.3) is 11.3 Å². The molecule has 2 fully saturated rings. The Labute approximate surface area is 166 Å². The number of nitrogens with one attached hydrogen (secondary N) is 1. The summed E-state index contributed by atoms with van der Waals surface area (Å²) in [6, 6.07) is 11.7. The summed E-state index contributed by atoms with van der Waals surface area (Å²) in [5.74, 6) is 0.911. The van der Waals surface area contributed by atoms with E-state index < -0.39 is 0 Å². The number of hydrogen-bond acceptors (Lipinski definition) is 5. The maximum atomic E-state index is 12.5. The van der Waals surface area contributed by atoms with Gasteiger partial charge in [0.25, 0.3) is 5.91 Å². The molecule has 0 aliphatic carbocycles. The van der Waals surface area contributed by atoms with Gasteiger partial charge in [-0.1, -0.05) is 18.6 Å². The molecule has 28 heavy (non-hydrogen) atoms. The third kappa shape index (κ3) is 4.68. The monoisotopic (exact) mass is 379 g/mol. The number of rotatable bonds is 6. The summed E-state index contributed by atoms with van der Waals surface area (Å²) in [6.45, 7) is 6.03. The Kier molecular flexibility index (Phi) is 6.17. The van der Waals surface area contributed by atoms with Crippen LogP contribution < -0.4 is 10.2 Å². The molecule has 6 heteroatoms. The average Bonchev–Trinajstić information content (AvgIpc) is 3.30. The van der Waals surface area contributed by atoms with Crippen LogP contribution in [0.2, 0.25) is 0 Å². The zero-order valence-electron chi connectivity index (χ0n) is 16.4. The lowest BCUT2D eigenvalue weighted by molar-refractivity contribution is 0.0946. The van der Waals surface area contributed by atoms with Gasteiger partial charge in [0.15, 0.2) is 5.82 Å². The second-order valence-electron chi connectivity index (χ2n) is 7.71. The SMILES string of the molecule is O=C(NCCN1CCCCC1)c1cccc(-c2ccc(N3CCCC3)nn2)c1. The van der Waals surface area contributed by atoms with Gasteiger partial charge in [0.1, 0.15) is 0 Å². The molecule has 0 bridgehead atoms. The Morgan fingerprint density at radius 3 is 2.46 bits per heavy atom. The van der Waals surface area contributed by atoms with Crippen LogP contribution in [-0.2, 0) is 0 Å². The average molecular weight is 380 g/mol. The van der Waals surface area contributed by atoms with E-state index >= 15 is 0 Å². The Hall–Kier alpha value is -2.47. The van der Waals surface area contributed by atoms with Crippen molar-refractivity contribution in [2.75, 3.05) is 44.2 Å². The fourth-order valence-electron chi connectivity index (χ4n) is 4.03. The van der Waals surface area contributed by atoms with Gasteiger partial charge in [-0.3, -0.25) is 4.79 Å². The molecule has 0 radical (unpaired) electrons. The van der Waals surface area contributed by atoms with E-state index in [9.17, 15) is 4.79 Å². The Morgan fingerprint density at radius 2 is 1.71 bits per heavy atom. The molecule has 1 aromatic carbocycles. The molecule has 0 atom stereocenters. The Bertz CT molecular complexity index is 780. The minimum absolute atomic E-state index is 0.0273. The van der Waals surface area contributed by atoms with Crippen LogP contribution in [0.4, 0.5) is 5.82 Å². The summed E-state index contributed by atoms with van der Waals surface area (Å²) < 4.78 is 0. The van der Waals surface area contributed by atoms with Crippen molar-refractivity contribution in [2.24, 2.45) is 0 Å². The summed E-state index contributed by atoms with van der Waals surface area (Å²) in [5, 5.41) is 11.8. The fourth-order valence-corrected chi connectivity index (χ4v) is 4.03. The Balaban J connectivity index is 1.36. The molecule has 0 spiro atoms. The largest absolute Gasteiger partial charge is 0.355 e. The first-order valence-corrected chi connectivity index (χ1v) is 10.5. The van der Waals surface area contributed by atoms with Crippen molar-refractivity contribution in [3.8, 4) is 11.3 Å². The molecule has 3 heterocycles. The lowest BCUT2D eigenvalue weighted by Crippen LogP contribution is -2.37. The second-order valence-corrected chi connectivity index (χ2v) is 7.71. The molecule has 1 aromatic heterocycles. The zero-order valence-corrected chi connectivity index (χ0v) is 16.4. The highest BCUT2D eigenvalue weighted by Gasteiger charge is 2.15. The number of anilines is 1. The van der Waals surface area contributed by atoms with Crippen molar-refractivity contribution in [1.29, 1.82) is 0 Å². The third-order valence-corrected chi connectivity index (χ3v) is 5.66. The van der Waals surface area contributed by atoms with E-state index in [1.165, 1.54) is 32.1 Å². The van der Waals surface area contributed by atoms with Gasteiger partial charge in [-0.05, 0) is 63.0 Å². The van der Waals surface area contributed by atoms with Gasteiger partial charge >= 0.3 is 0 Å². The predicted molar refractivity (Wildman–Crippen MR) is 112 cm³/mol. The van der Waals surface area contributed by atoms with E-state index in [0.29, 0.717) is 12.1 Å². The Morgan fingerprint density at radius 1 is 0.929 bits per heavy atom. The van der Waals surface area contributed by atoms with Crippen molar-refractivity contribution in [3.63, 3.8) is 0 Å². The number of carbonyl (C=O) groups excluding carboxylic acids is 1. The molecular formula is C22H29N5O. The van der Waals surface area contributed by atoms with Gasteiger partial charge in [0.05, 0.1) is 5.69 Å². The number of carbonyl (C=O) groups is 1. The van der Waals surface area contributed by atoms with Crippen LogP contribution in [0.1, 0.15) is 42.5 Å². The topological polar surface area (TPSA) is 61.4 Å². The maximum absolute atomic E-state index is 12.5. The smallest absolute Gasteiger partial charge is 0.251 e. The summed E-state index contributed by atoms with van der Waals surface area (Å²) in [4.78, 5) is 17.2. The number of nitrogens with zero attached hydrogens (tertiary/aromatic N) is 4. The normalized spacial score (nSPS) is 17.6. The van der Waals surface area contributed by atoms with Crippen LogP contribution in [0.5, 0.6) is 0 Å². The van der Waals surface area contributed by atoms with Crippen LogP contribution in [-0.4, -0.2) is 60.3 Å². The fraction of sp³-hybridized carbons (Fsp3) is 0.500. The highest BCUT2D eigenvalue weighted by Crippen LogP contribution is 2.21. The number of hydrogen-bond donors (Lipinski definition) is 1. The van der Waals surface area contributed by atoms with Crippen molar-refractivity contribution in [2.45, 2.75) is 32.1 Å². The van der Waals surface area contributed by atoms with E-state index in [1.807, 2.05) is 36.4 Å². The zero-order chi connectivity index (χ0) is 19.2. The number of piperidine rings is 1. The molecule has 2 saturated heterocycles. The van der Waals surface area contributed by atoms with Gasteiger partial charge in [0, 0.05) is 37.3 Å². The first-order valence-electron chi connectivity index (χ1n) is 10.5. The lowest BCUT2D eigenvalue weighted by Gasteiger charge is -2.26. The first kappa shape index (κ1) is 18.9. The van der Waals surface area contributed by atoms with E-state index in [-0.39, 0.29) is 5.91 Å². The molecule has 4 rings (SSSR count). The molecule has 1 amide bonds. The van der Waals surface area contributed by atoms with Gasteiger partial charge in [-0.15, -0.1) is 10.2 Å². The summed E-state index contributed by atoms with van der Waals surface area (Å²) >= 11 is 0. The molecule has 148 valence electrons. The van der Waals surface area contributed by atoms with Crippen LogP contribution >= 0.6 is 0 Å². The summed E-state index contributed by atoms with van der Waals surface area (Å²) in [6.07, 6.45) is 6.31. The quantitative estimate of drug-likeness (QED) is 0.836. The maximum Gasteiger partial charge on any atom is 0.251 e. The van der Waals surface area contributed by atoms with Crippen LogP contribution in [0, 0.1) is 0 Å². The van der Waals surface area contributed by atoms with Crippen LogP contribution in [0.3, 0.4) is 0 Å². The van der Waals surface area contributed by atoms with Gasteiger partial charge in [0.2, 0.25) is 0 Å². The van der Waals surface area contributed by atoms with Crippen LogP contribution in [0.15, 0.2) is 36.4 Å². The van der Waals surface area contributed by atoms with Crippen molar-refractivity contribution in [1.82, 2.24) is 20.4 Å². The standard InChI is InChI=1S/C22H29N5O/c28-22(23-11-16-26-12-2-1-3-13-26)19-8-6-7-18(17-19)20-9-10-21(25-24-20)27-14-4-5-15-27/h6-10,17H,1-5,11-16H2,(H,23,28). The van der Waals surface area contributed by atoms with Gasteiger partial charge in [-0.2, -0.15) is 0 Å². The molecule has 0 saturated carbocycles. The number of likely N-dealkylation sites (tertiary alicyclic amines) is 1.